The molecule has 5 heteroatoms. The third-order valence-electron chi connectivity index (χ3n) is 5.33. The number of ether oxygens (including phenoxy) is 4. The summed E-state index contributed by atoms with van der Waals surface area (Å²) >= 11 is 0. The quantitative estimate of drug-likeness (QED) is 0.713. The Morgan fingerprint density at radius 2 is 1.26 bits per heavy atom. The molecule has 3 atom stereocenters. The highest BCUT2D eigenvalue weighted by molar-refractivity contribution is 5.03. The fourth-order valence-electron chi connectivity index (χ4n) is 4.54. The lowest BCUT2D eigenvalue weighted by atomic mass is 9.63. The first-order valence-electron chi connectivity index (χ1n) is 7.48. The van der Waals surface area contributed by atoms with Gasteiger partial charge in [0, 0.05) is 24.7 Å². The van der Waals surface area contributed by atoms with Gasteiger partial charge in [0.2, 0.25) is 0 Å². The van der Waals surface area contributed by atoms with Crippen LogP contribution in [0, 0.1) is 11.8 Å². The Labute approximate surface area is 113 Å². The average molecular weight is 270 g/mol. The van der Waals surface area contributed by atoms with Crippen molar-refractivity contribution in [2.75, 3.05) is 26.4 Å². The van der Waals surface area contributed by atoms with Gasteiger partial charge in [-0.05, 0) is 19.3 Å². The molecule has 0 aromatic carbocycles. The van der Waals surface area contributed by atoms with E-state index in [9.17, 15) is 5.11 Å². The summed E-state index contributed by atoms with van der Waals surface area (Å²) in [6, 6.07) is 0. The van der Waals surface area contributed by atoms with Crippen LogP contribution in [-0.2, 0) is 18.9 Å². The Kier molecular flexibility index (Phi) is 2.90. The molecule has 4 fully saturated rings. The molecule has 2 aliphatic carbocycles. The van der Waals surface area contributed by atoms with E-state index in [2.05, 4.69) is 0 Å². The molecule has 108 valence electrons. The minimum absolute atomic E-state index is 0.186. The number of aliphatic hydroxyl groups is 1. The second-order valence-corrected chi connectivity index (χ2v) is 6.20. The Bertz CT molecular complexity index is 346. The van der Waals surface area contributed by atoms with Crippen molar-refractivity contribution >= 4 is 0 Å². The summed E-state index contributed by atoms with van der Waals surface area (Å²) < 4.78 is 23.9. The van der Waals surface area contributed by atoms with Gasteiger partial charge >= 0.3 is 0 Å². The van der Waals surface area contributed by atoms with Crippen LogP contribution in [0.1, 0.15) is 32.1 Å². The molecule has 0 radical (unpaired) electrons. The minimum Gasteiger partial charge on any atom is -0.393 e. The van der Waals surface area contributed by atoms with Gasteiger partial charge in [-0.2, -0.15) is 0 Å². The number of hydrogen-bond donors (Lipinski definition) is 1. The van der Waals surface area contributed by atoms with Gasteiger partial charge in [0.05, 0.1) is 32.5 Å². The normalized spacial score (nSPS) is 43.7. The van der Waals surface area contributed by atoms with E-state index < -0.39 is 11.6 Å². The van der Waals surface area contributed by atoms with Gasteiger partial charge in [-0.15, -0.1) is 0 Å². The molecule has 2 saturated heterocycles. The van der Waals surface area contributed by atoms with E-state index in [-0.39, 0.29) is 17.9 Å². The molecular weight excluding hydrogens is 248 g/mol. The first-order chi connectivity index (χ1) is 9.24. The molecule has 4 rings (SSSR count). The zero-order chi connectivity index (χ0) is 12.9. The van der Waals surface area contributed by atoms with Crippen LogP contribution in [0.4, 0.5) is 0 Å². The number of aliphatic hydroxyl groups excluding tert-OH is 1. The van der Waals surface area contributed by atoms with Crippen molar-refractivity contribution in [1.29, 1.82) is 0 Å². The maximum atomic E-state index is 10.0. The van der Waals surface area contributed by atoms with E-state index in [1.807, 2.05) is 0 Å². The Morgan fingerprint density at radius 1 is 0.737 bits per heavy atom. The molecule has 0 amide bonds. The molecule has 2 heterocycles. The van der Waals surface area contributed by atoms with Crippen LogP contribution in [0.5, 0.6) is 0 Å². The SMILES string of the molecule is OC1CCC2C(C1)C1(CCC23OCCO3)OCCO1. The number of rotatable bonds is 0. The largest absolute Gasteiger partial charge is 0.393 e. The topological polar surface area (TPSA) is 57.2 Å². The summed E-state index contributed by atoms with van der Waals surface area (Å²) in [5.74, 6) is -0.464. The predicted molar refractivity (Wildman–Crippen MR) is 65.3 cm³/mol. The third-order valence-corrected chi connectivity index (χ3v) is 5.33. The van der Waals surface area contributed by atoms with Crippen LogP contribution >= 0.6 is 0 Å². The molecule has 2 spiro atoms. The predicted octanol–water partition coefficient (Wildman–Crippen LogP) is 1.04. The van der Waals surface area contributed by atoms with Crippen LogP contribution in [-0.4, -0.2) is 49.2 Å². The highest BCUT2D eigenvalue weighted by Gasteiger charge is 2.62. The molecule has 5 nitrogen and oxygen atoms in total. The second-order valence-electron chi connectivity index (χ2n) is 6.20. The maximum absolute atomic E-state index is 10.0. The zero-order valence-corrected chi connectivity index (χ0v) is 11.2. The lowest BCUT2D eigenvalue weighted by Gasteiger charge is -2.54. The van der Waals surface area contributed by atoms with Crippen LogP contribution in [0.3, 0.4) is 0 Å². The maximum Gasteiger partial charge on any atom is 0.172 e. The van der Waals surface area contributed by atoms with E-state index in [1.165, 1.54) is 0 Å². The number of fused-ring (bicyclic) bond motifs is 3. The fraction of sp³-hybridized carbons (Fsp3) is 1.00. The number of hydrogen-bond acceptors (Lipinski definition) is 5. The first kappa shape index (κ1) is 12.5. The van der Waals surface area contributed by atoms with Crippen molar-refractivity contribution in [2.24, 2.45) is 11.8 Å². The van der Waals surface area contributed by atoms with Gasteiger partial charge in [-0.25, -0.2) is 0 Å². The third kappa shape index (κ3) is 1.79. The van der Waals surface area contributed by atoms with E-state index in [0.717, 1.165) is 32.1 Å². The van der Waals surface area contributed by atoms with Gasteiger partial charge in [-0.3, -0.25) is 0 Å². The molecule has 0 aromatic rings. The summed E-state index contributed by atoms with van der Waals surface area (Å²) in [5.41, 5.74) is 0. The summed E-state index contributed by atoms with van der Waals surface area (Å²) in [7, 11) is 0. The second kappa shape index (κ2) is 4.40. The summed E-state index contributed by atoms with van der Waals surface area (Å²) in [6.07, 6.45) is 3.89. The molecular formula is C14H22O5. The summed E-state index contributed by atoms with van der Waals surface area (Å²) in [5, 5.41) is 10.0. The molecule has 3 unspecified atom stereocenters. The van der Waals surface area contributed by atoms with Crippen molar-refractivity contribution in [3.63, 3.8) is 0 Å². The van der Waals surface area contributed by atoms with Crippen LogP contribution in [0.2, 0.25) is 0 Å². The molecule has 0 bridgehead atoms. The van der Waals surface area contributed by atoms with E-state index in [4.69, 9.17) is 18.9 Å². The van der Waals surface area contributed by atoms with Crippen molar-refractivity contribution in [1.82, 2.24) is 0 Å². The molecule has 19 heavy (non-hydrogen) atoms. The van der Waals surface area contributed by atoms with Crippen molar-refractivity contribution in [3.8, 4) is 0 Å². The van der Waals surface area contributed by atoms with Crippen molar-refractivity contribution in [3.05, 3.63) is 0 Å². The van der Waals surface area contributed by atoms with Crippen LogP contribution < -0.4 is 0 Å². The van der Waals surface area contributed by atoms with Crippen LogP contribution in [0.25, 0.3) is 0 Å². The lowest BCUT2D eigenvalue weighted by molar-refractivity contribution is -0.319. The average Bonchev–Trinajstić information content (AvgIpc) is 3.06. The van der Waals surface area contributed by atoms with Gasteiger partial charge in [0.1, 0.15) is 0 Å². The zero-order valence-electron chi connectivity index (χ0n) is 11.2. The first-order valence-corrected chi connectivity index (χ1v) is 7.48. The minimum atomic E-state index is -0.493. The van der Waals surface area contributed by atoms with Gasteiger partial charge in [0.15, 0.2) is 11.6 Å². The monoisotopic (exact) mass is 270 g/mol. The molecule has 0 aromatic heterocycles. The molecule has 2 aliphatic heterocycles. The van der Waals surface area contributed by atoms with Gasteiger partial charge in [0.25, 0.3) is 0 Å². The fourth-order valence-corrected chi connectivity index (χ4v) is 4.54. The Balaban J connectivity index is 1.66. The van der Waals surface area contributed by atoms with Crippen molar-refractivity contribution in [2.45, 2.75) is 49.8 Å². The van der Waals surface area contributed by atoms with Gasteiger partial charge in [-0.1, -0.05) is 0 Å². The van der Waals surface area contributed by atoms with E-state index >= 15 is 0 Å². The molecule has 1 N–H and O–H groups in total. The Hall–Kier alpha value is -0.200. The van der Waals surface area contributed by atoms with Crippen LogP contribution in [0.15, 0.2) is 0 Å². The van der Waals surface area contributed by atoms with Crippen molar-refractivity contribution < 1.29 is 24.1 Å². The summed E-state index contributed by atoms with van der Waals surface area (Å²) in [6.45, 7) is 2.68. The summed E-state index contributed by atoms with van der Waals surface area (Å²) in [4.78, 5) is 0. The Morgan fingerprint density at radius 3 is 1.84 bits per heavy atom. The smallest absolute Gasteiger partial charge is 0.172 e. The highest BCUT2D eigenvalue weighted by Crippen LogP contribution is 2.56. The van der Waals surface area contributed by atoms with E-state index in [0.29, 0.717) is 26.4 Å². The highest BCUT2D eigenvalue weighted by atomic mass is 16.8. The molecule has 2 saturated carbocycles. The lowest BCUT2D eigenvalue weighted by Crippen LogP contribution is -2.59. The van der Waals surface area contributed by atoms with Gasteiger partial charge < -0.3 is 24.1 Å². The molecule has 4 aliphatic rings. The standard InChI is InChI=1S/C14H22O5/c15-10-1-2-11-12(9-10)14(18-7-8-19-14)4-3-13(11)16-5-6-17-13/h10-12,15H,1-9H2. The van der Waals surface area contributed by atoms with E-state index in [1.54, 1.807) is 0 Å².